The highest BCUT2D eigenvalue weighted by Crippen LogP contribution is 2.49. The van der Waals surface area contributed by atoms with Crippen molar-refractivity contribution in [2.45, 2.75) is 43.9 Å². The van der Waals surface area contributed by atoms with Crippen molar-refractivity contribution in [1.29, 1.82) is 0 Å². The summed E-state index contributed by atoms with van der Waals surface area (Å²) in [6.45, 7) is 4.84. The first kappa shape index (κ1) is 15.5. The maximum atomic E-state index is 10.9. The Bertz CT molecular complexity index is 557. The minimum Gasteiger partial charge on any atom is -0.361 e. The molecule has 1 spiro atoms. The summed E-state index contributed by atoms with van der Waals surface area (Å²) in [6, 6.07) is 9.62. The number of hydrogen-bond acceptors (Lipinski definition) is 6. The van der Waals surface area contributed by atoms with E-state index in [1.54, 1.807) is 0 Å². The first-order valence-electron chi connectivity index (χ1n) is 8.05. The summed E-state index contributed by atoms with van der Waals surface area (Å²) >= 11 is 0. The Morgan fingerprint density at radius 2 is 1.78 bits per heavy atom. The molecule has 3 heterocycles. The molecule has 3 aliphatic heterocycles. The van der Waals surface area contributed by atoms with Crippen LogP contribution in [0, 0.1) is 5.92 Å². The number of rotatable bonds is 1. The molecule has 1 aromatic rings. The van der Waals surface area contributed by atoms with Crippen LogP contribution in [0.4, 0.5) is 0 Å². The standard InChI is InChI=1S/C17H22O6/c1-11-12(2)23-16(18)10-19-14(13-6-4-3-5-7-13)22-15(16)17(11)20-8-9-21-17/h3-7,11-12,14-15,18H,8-10H2,1-2H3/t11-,12?,14?,15-,16+/m0/s1. The van der Waals surface area contributed by atoms with E-state index < -0.39 is 24.0 Å². The molecular weight excluding hydrogens is 300 g/mol. The zero-order valence-corrected chi connectivity index (χ0v) is 13.3. The van der Waals surface area contributed by atoms with Crippen molar-refractivity contribution >= 4 is 0 Å². The van der Waals surface area contributed by atoms with E-state index in [2.05, 4.69) is 0 Å². The van der Waals surface area contributed by atoms with Gasteiger partial charge in [-0.25, -0.2) is 0 Å². The highest BCUT2D eigenvalue weighted by Gasteiger charge is 2.66. The molecule has 3 fully saturated rings. The third-order valence-electron chi connectivity index (χ3n) is 5.02. The zero-order chi connectivity index (χ0) is 16.1. The Hall–Kier alpha value is -1.02. The topological polar surface area (TPSA) is 66.4 Å². The maximum Gasteiger partial charge on any atom is 0.222 e. The third kappa shape index (κ3) is 2.33. The van der Waals surface area contributed by atoms with Gasteiger partial charge in [-0.15, -0.1) is 0 Å². The largest absolute Gasteiger partial charge is 0.361 e. The van der Waals surface area contributed by atoms with Crippen LogP contribution in [0.3, 0.4) is 0 Å². The summed E-state index contributed by atoms with van der Waals surface area (Å²) in [5.41, 5.74) is 0.883. The van der Waals surface area contributed by atoms with Crippen molar-refractivity contribution in [3.8, 4) is 0 Å². The molecule has 6 heteroatoms. The fraction of sp³-hybridized carbons (Fsp3) is 0.647. The van der Waals surface area contributed by atoms with Crippen LogP contribution in [0.15, 0.2) is 30.3 Å². The monoisotopic (exact) mass is 322 g/mol. The van der Waals surface area contributed by atoms with Crippen molar-refractivity contribution in [1.82, 2.24) is 0 Å². The van der Waals surface area contributed by atoms with Gasteiger partial charge in [0.25, 0.3) is 0 Å². The van der Waals surface area contributed by atoms with Crippen LogP contribution in [-0.4, -0.2) is 48.7 Å². The van der Waals surface area contributed by atoms with Gasteiger partial charge in [-0.05, 0) is 6.92 Å². The van der Waals surface area contributed by atoms with Crippen LogP contribution in [0.5, 0.6) is 0 Å². The van der Waals surface area contributed by atoms with Crippen molar-refractivity contribution in [2.75, 3.05) is 19.8 Å². The molecule has 0 radical (unpaired) electrons. The van der Waals surface area contributed by atoms with Crippen LogP contribution in [-0.2, 0) is 23.7 Å². The van der Waals surface area contributed by atoms with Crippen molar-refractivity contribution in [2.24, 2.45) is 5.92 Å². The fourth-order valence-electron chi connectivity index (χ4n) is 3.68. The minimum atomic E-state index is -1.58. The number of fused-ring (bicyclic) bond motifs is 2. The molecule has 23 heavy (non-hydrogen) atoms. The maximum absolute atomic E-state index is 10.9. The SMILES string of the molecule is CC1O[C@]2(O)COC(c3ccccc3)O[C@@H]2C2(OCCO2)[C@H]1C. The second-order valence-electron chi connectivity index (χ2n) is 6.44. The van der Waals surface area contributed by atoms with Gasteiger partial charge in [-0.2, -0.15) is 0 Å². The summed E-state index contributed by atoms with van der Waals surface area (Å²) in [5.74, 6) is -2.67. The molecule has 1 aromatic carbocycles. The molecule has 5 atom stereocenters. The van der Waals surface area contributed by atoms with E-state index in [1.807, 2.05) is 44.2 Å². The lowest BCUT2D eigenvalue weighted by molar-refractivity contribution is -0.464. The van der Waals surface area contributed by atoms with Crippen molar-refractivity contribution in [3.63, 3.8) is 0 Å². The Labute approximate surface area is 135 Å². The van der Waals surface area contributed by atoms with Gasteiger partial charge in [0.1, 0.15) is 6.61 Å². The third-order valence-corrected chi connectivity index (χ3v) is 5.02. The first-order chi connectivity index (χ1) is 11.1. The smallest absolute Gasteiger partial charge is 0.222 e. The van der Waals surface area contributed by atoms with Gasteiger partial charge in [0.15, 0.2) is 12.4 Å². The Balaban J connectivity index is 1.68. The molecule has 0 aliphatic carbocycles. The number of benzene rings is 1. The van der Waals surface area contributed by atoms with Gasteiger partial charge in [0.05, 0.1) is 19.3 Å². The van der Waals surface area contributed by atoms with Gasteiger partial charge < -0.3 is 28.8 Å². The van der Waals surface area contributed by atoms with Crippen LogP contribution >= 0.6 is 0 Å². The quantitative estimate of drug-likeness (QED) is 0.847. The molecule has 1 N–H and O–H groups in total. The molecule has 2 unspecified atom stereocenters. The highest BCUT2D eigenvalue weighted by molar-refractivity contribution is 5.17. The first-order valence-corrected chi connectivity index (χ1v) is 8.05. The van der Waals surface area contributed by atoms with Crippen molar-refractivity contribution < 1.29 is 28.8 Å². The van der Waals surface area contributed by atoms with E-state index >= 15 is 0 Å². The van der Waals surface area contributed by atoms with Crippen LogP contribution in [0.1, 0.15) is 25.7 Å². The molecule has 4 rings (SSSR count). The Morgan fingerprint density at radius 3 is 2.48 bits per heavy atom. The van der Waals surface area contributed by atoms with E-state index in [-0.39, 0.29) is 18.6 Å². The minimum absolute atomic E-state index is 0.00274. The molecule has 6 nitrogen and oxygen atoms in total. The van der Waals surface area contributed by atoms with Gasteiger partial charge in [0, 0.05) is 11.5 Å². The van der Waals surface area contributed by atoms with Gasteiger partial charge in [0.2, 0.25) is 11.6 Å². The Morgan fingerprint density at radius 1 is 1.09 bits per heavy atom. The van der Waals surface area contributed by atoms with Crippen LogP contribution in [0.2, 0.25) is 0 Å². The summed E-state index contributed by atoms with van der Waals surface area (Å²) in [5, 5.41) is 10.9. The molecule has 0 bridgehead atoms. The van der Waals surface area contributed by atoms with Gasteiger partial charge >= 0.3 is 0 Å². The second-order valence-corrected chi connectivity index (χ2v) is 6.44. The van der Waals surface area contributed by atoms with E-state index in [0.29, 0.717) is 13.2 Å². The van der Waals surface area contributed by atoms with E-state index in [4.69, 9.17) is 23.7 Å². The van der Waals surface area contributed by atoms with E-state index in [1.165, 1.54) is 0 Å². The van der Waals surface area contributed by atoms with Crippen molar-refractivity contribution in [3.05, 3.63) is 35.9 Å². The zero-order valence-electron chi connectivity index (χ0n) is 13.3. The predicted octanol–water partition coefficient (Wildman–Crippen LogP) is 1.59. The van der Waals surface area contributed by atoms with Crippen LogP contribution in [0.25, 0.3) is 0 Å². The average Bonchev–Trinajstić information content (AvgIpc) is 3.04. The summed E-state index contributed by atoms with van der Waals surface area (Å²) in [4.78, 5) is 0. The molecule has 0 saturated carbocycles. The lowest BCUT2D eigenvalue weighted by Gasteiger charge is -2.56. The lowest BCUT2D eigenvalue weighted by atomic mass is 9.82. The molecule has 0 aromatic heterocycles. The lowest BCUT2D eigenvalue weighted by Crippen LogP contribution is -2.72. The molecule has 126 valence electrons. The highest BCUT2D eigenvalue weighted by atomic mass is 16.8. The number of ether oxygens (including phenoxy) is 5. The summed E-state index contributed by atoms with van der Waals surface area (Å²) < 4.78 is 29.5. The number of aliphatic hydroxyl groups is 1. The van der Waals surface area contributed by atoms with Gasteiger partial charge in [-0.1, -0.05) is 37.3 Å². The predicted molar refractivity (Wildman–Crippen MR) is 79.3 cm³/mol. The summed E-state index contributed by atoms with van der Waals surface area (Å²) in [7, 11) is 0. The molecule has 3 saturated heterocycles. The average molecular weight is 322 g/mol. The molecule has 0 amide bonds. The fourth-order valence-corrected chi connectivity index (χ4v) is 3.68. The normalized spacial score (nSPS) is 42.6. The second kappa shape index (κ2) is 5.51. The summed E-state index contributed by atoms with van der Waals surface area (Å²) in [6.07, 6.45) is -1.60. The number of hydrogen-bond donors (Lipinski definition) is 1. The van der Waals surface area contributed by atoms with Gasteiger partial charge in [-0.3, -0.25) is 0 Å². The van der Waals surface area contributed by atoms with E-state index in [0.717, 1.165) is 5.56 Å². The van der Waals surface area contributed by atoms with Crippen LogP contribution < -0.4 is 0 Å². The Kier molecular flexibility index (Phi) is 3.72. The molecular formula is C17H22O6. The molecule has 3 aliphatic rings. The van der Waals surface area contributed by atoms with E-state index in [9.17, 15) is 5.11 Å².